The number of rotatable bonds is 4. The maximum Gasteiger partial charge on any atom is 0.410 e. The molecule has 0 spiro atoms. The second-order valence-electron chi connectivity index (χ2n) is 7.42. The second-order valence-corrected chi connectivity index (χ2v) is 7.42. The van der Waals surface area contributed by atoms with Crippen molar-refractivity contribution >= 4 is 6.09 Å². The molecule has 1 aliphatic carbocycles. The molecule has 3 rings (SSSR count). The minimum atomic E-state index is -0.474. The summed E-state index contributed by atoms with van der Waals surface area (Å²) in [4.78, 5) is 14.4. The second kappa shape index (κ2) is 6.30. The van der Waals surface area contributed by atoms with Crippen LogP contribution in [0.15, 0.2) is 30.6 Å². The topological polar surface area (TPSA) is 58.2 Å². The lowest BCUT2D eigenvalue weighted by atomic mass is 9.98. The lowest BCUT2D eigenvalue weighted by molar-refractivity contribution is 0.0216. The first-order valence-corrected chi connectivity index (χ1v) is 8.42. The molecule has 0 aliphatic heterocycles. The van der Waals surface area contributed by atoms with Crippen LogP contribution in [0.1, 0.15) is 44.7 Å². The minimum Gasteiger partial charge on any atom is -0.444 e. The summed E-state index contributed by atoms with van der Waals surface area (Å²) < 4.78 is 5.59. The fraction of sp³-hybridized carbons (Fsp3) is 0.474. The number of nitrogens with zero attached hydrogens (tertiary/aromatic N) is 2. The van der Waals surface area contributed by atoms with Gasteiger partial charge in [0.2, 0.25) is 0 Å². The summed E-state index contributed by atoms with van der Waals surface area (Å²) in [6.45, 7) is 8.39. The molecule has 0 radical (unpaired) electrons. The van der Waals surface area contributed by atoms with Crippen LogP contribution in [0.5, 0.6) is 0 Å². The van der Waals surface area contributed by atoms with Gasteiger partial charge in [-0.25, -0.2) is 4.79 Å². The van der Waals surface area contributed by atoms with Crippen LogP contribution in [0.4, 0.5) is 4.79 Å². The van der Waals surface area contributed by atoms with Gasteiger partial charge < -0.3 is 9.64 Å². The Bertz CT molecular complexity index is 713. The Morgan fingerprint density at radius 3 is 2.71 bits per heavy atom. The van der Waals surface area contributed by atoms with Crippen LogP contribution in [0, 0.1) is 6.92 Å². The van der Waals surface area contributed by atoms with Gasteiger partial charge in [-0.1, -0.05) is 18.2 Å². The molecule has 1 aromatic carbocycles. The molecule has 1 fully saturated rings. The molecule has 0 bridgehead atoms. The molecule has 2 aromatic rings. The number of carbonyl (C=O) groups excluding carboxylic acids is 1. The number of nitrogens with one attached hydrogen (secondary N) is 1. The van der Waals surface area contributed by atoms with Crippen LogP contribution < -0.4 is 0 Å². The number of hydrogen-bond donors (Lipinski definition) is 1. The number of carbonyl (C=O) groups is 1. The van der Waals surface area contributed by atoms with E-state index in [1.165, 1.54) is 5.56 Å². The highest BCUT2D eigenvalue weighted by molar-refractivity contribution is 5.70. The van der Waals surface area contributed by atoms with Crippen LogP contribution >= 0.6 is 0 Å². The lowest BCUT2D eigenvalue weighted by Gasteiger charge is -2.28. The molecule has 5 nitrogen and oxygen atoms in total. The number of aromatic amines is 1. The first-order valence-electron chi connectivity index (χ1n) is 8.42. The Kier molecular flexibility index (Phi) is 4.35. The molecule has 1 N–H and O–H groups in total. The molecule has 1 aliphatic rings. The first kappa shape index (κ1) is 16.6. The van der Waals surface area contributed by atoms with Crippen LogP contribution in [0.2, 0.25) is 0 Å². The van der Waals surface area contributed by atoms with Gasteiger partial charge in [-0.2, -0.15) is 5.10 Å². The van der Waals surface area contributed by atoms with E-state index in [0.717, 1.165) is 29.5 Å². The first-order chi connectivity index (χ1) is 11.3. The molecule has 0 atom stereocenters. The third-order valence-electron chi connectivity index (χ3n) is 4.21. The van der Waals surface area contributed by atoms with E-state index in [2.05, 4.69) is 29.3 Å². The highest BCUT2D eigenvalue weighted by Gasteiger charge is 2.35. The zero-order valence-electron chi connectivity index (χ0n) is 14.8. The number of benzene rings is 1. The Morgan fingerprint density at radius 2 is 2.12 bits per heavy atom. The highest BCUT2D eigenvalue weighted by Crippen LogP contribution is 2.32. The van der Waals surface area contributed by atoms with E-state index in [-0.39, 0.29) is 6.09 Å². The molecule has 1 amide bonds. The molecular formula is C19H25N3O2. The van der Waals surface area contributed by atoms with E-state index in [1.807, 2.05) is 44.1 Å². The van der Waals surface area contributed by atoms with Gasteiger partial charge in [0.25, 0.3) is 0 Å². The smallest absolute Gasteiger partial charge is 0.410 e. The number of ether oxygens (including phenoxy) is 1. The zero-order valence-corrected chi connectivity index (χ0v) is 14.8. The minimum absolute atomic E-state index is 0.224. The molecular weight excluding hydrogens is 302 g/mol. The van der Waals surface area contributed by atoms with E-state index < -0.39 is 5.60 Å². The van der Waals surface area contributed by atoms with E-state index in [1.54, 1.807) is 0 Å². The van der Waals surface area contributed by atoms with Gasteiger partial charge in [-0.15, -0.1) is 0 Å². The van der Waals surface area contributed by atoms with E-state index in [9.17, 15) is 4.79 Å². The number of H-pyrrole nitrogens is 1. The molecule has 1 aromatic heterocycles. The third kappa shape index (κ3) is 3.78. The van der Waals surface area contributed by atoms with Crippen molar-refractivity contribution in [3.8, 4) is 11.1 Å². The molecule has 128 valence electrons. The Labute approximate surface area is 143 Å². The van der Waals surface area contributed by atoms with Crippen LogP contribution in [-0.2, 0) is 11.3 Å². The Morgan fingerprint density at radius 1 is 1.38 bits per heavy atom. The van der Waals surface area contributed by atoms with E-state index >= 15 is 0 Å². The average Bonchev–Trinajstić information content (AvgIpc) is 3.18. The SMILES string of the molecule is Cc1c(CN(C(=O)OC(C)(C)C)C2CC2)cccc1-c1cn[nH]c1. The summed E-state index contributed by atoms with van der Waals surface area (Å²) in [5.41, 5.74) is 4.04. The summed E-state index contributed by atoms with van der Waals surface area (Å²) in [6, 6.07) is 6.50. The van der Waals surface area contributed by atoms with Crippen LogP contribution in [0.3, 0.4) is 0 Å². The largest absolute Gasteiger partial charge is 0.444 e. The van der Waals surface area contributed by atoms with Gasteiger partial charge in [-0.05, 0) is 57.2 Å². The third-order valence-corrected chi connectivity index (χ3v) is 4.21. The van der Waals surface area contributed by atoms with E-state index in [0.29, 0.717) is 12.6 Å². The van der Waals surface area contributed by atoms with Crippen molar-refractivity contribution in [2.75, 3.05) is 0 Å². The normalized spacial score (nSPS) is 14.5. The Balaban J connectivity index is 1.83. The molecule has 0 saturated heterocycles. The van der Waals surface area contributed by atoms with Crippen molar-refractivity contribution in [2.45, 2.75) is 58.7 Å². The summed E-state index contributed by atoms with van der Waals surface area (Å²) in [5.74, 6) is 0. The van der Waals surface area contributed by atoms with Gasteiger partial charge in [0, 0.05) is 24.3 Å². The van der Waals surface area contributed by atoms with Gasteiger partial charge >= 0.3 is 6.09 Å². The predicted octanol–water partition coefficient (Wildman–Crippen LogP) is 4.28. The molecule has 1 heterocycles. The standard InChI is InChI=1S/C19H25N3O2/c1-13-14(6-5-7-17(13)15-10-20-21-11-15)12-22(16-8-9-16)18(23)24-19(2,3)4/h5-7,10-11,16H,8-9,12H2,1-4H3,(H,20,21). The van der Waals surface area contributed by atoms with Crippen LogP contribution in [-0.4, -0.2) is 32.8 Å². The molecule has 1 saturated carbocycles. The lowest BCUT2D eigenvalue weighted by Crippen LogP contribution is -2.38. The molecule has 0 unspecified atom stereocenters. The van der Waals surface area contributed by atoms with Crippen molar-refractivity contribution < 1.29 is 9.53 Å². The van der Waals surface area contributed by atoms with Crippen molar-refractivity contribution in [1.29, 1.82) is 0 Å². The van der Waals surface area contributed by atoms with Gasteiger partial charge in [0.15, 0.2) is 0 Å². The van der Waals surface area contributed by atoms with Crippen LogP contribution in [0.25, 0.3) is 11.1 Å². The fourth-order valence-electron chi connectivity index (χ4n) is 2.80. The monoisotopic (exact) mass is 327 g/mol. The fourth-order valence-corrected chi connectivity index (χ4v) is 2.80. The number of hydrogen-bond acceptors (Lipinski definition) is 3. The number of aromatic nitrogens is 2. The maximum absolute atomic E-state index is 12.6. The van der Waals surface area contributed by atoms with Crippen molar-refractivity contribution in [3.63, 3.8) is 0 Å². The predicted molar refractivity (Wildman–Crippen MR) is 93.6 cm³/mol. The van der Waals surface area contributed by atoms with Gasteiger partial charge in [0.1, 0.15) is 5.60 Å². The summed E-state index contributed by atoms with van der Waals surface area (Å²) >= 11 is 0. The summed E-state index contributed by atoms with van der Waals surface area (Å²) in [5, 5.41) is 6.88. The van der Waals surface area contributed by atoms with Crippen molar-refractivity contribution in [1.82, 2.24) is 15.1 Å². The molecule has 24 heavy (non-hydrogen) atoms. The van der Waals surface area contributed by atoms with Crippen molar-refractivity contribution in [2.24, 2.45) is 0 Å². The van der Waals surface area contributed by atoms with Crippen molar-refractivity contribution in [3.05, 3.63) is 41.7 Å². The quantitative estimate of drug-likeness (QED) is 0.911. The summed E-state index contributed by atoms with van der Waals surface area (Å²) in [6.07, 6.45) is 5.59. The number of amides is 1. The van der Waals surface area contributed by atoms with E-state index in [4.69, 9.17) is 4.74 Å². The van der Waals surface area contributed by atoms with Gasteiger partial charge in [0.05, 0.1) is 6.20 Å². The Hall–Kier alpha value is -2.30. The maximum atomic E-state index is 12.6. The highest BCUT2D eigenvalue weighted by atomic mass is 16.6. The average molecular weight is 327 g/mol. The summed E-state index contributed by atoms with van der Waals surface area (Å²) in [7, 11) is 0. The zero-order chi connectivity index (χ0) is 17.3. The van der Waals surface area contributed by atoms with Gasteiger partial charge in [-0.3, -0.25) is 5.10 Å². The molecule has 5 heteroatoms.